The molecule has 1 fully saturated rings. The van der Waals surface area contributed by atoms with Crippen LogP contribution in [-0.4, -0.2) is 23.4 Å². The monoisotopic (exact) mass is 334 g/mol. The normalized spacial score (nSPS) is 17.1. The topological polar surface area (TPSA) is 46.5 Å². The summed E-state index contributed by atoms with van der Waals surface area (Å²) < 4.78 is 5.09. The summed E-state index contributed by atoms with van der Waals surface area (Å²) in [7, 11) is 1.52. The lowest BCUT2D eigenvalue weighted by molar-refractivity contribution is -0.137. The van der Waals surface area contributed by atoms with E-state index < -0.39 is 11.2 Å². The molecule has 0 aromatic heterocycles. The average Bonchev–Trinajstić information content (AvgIpc) is 2.94. The van der Waals surface area contributed by atoms with Crippen molar-refractivity contribution in [3.8, 4) is 5.75 Å². The fourth-order valence-corrected chi connectivity index (χ4v) is 4.29. The van der Waals surface area contributed by atoms with Gasteiger partial charge >= 0.3 is 5.97 Å². The van der Waals surface area contributed by atoms with Crippen molar-refractivity contribution in [2.75, 3.05) is 7.11 Å². The molecule has 0 saturated heterocycles. The first kappa shape index (κ1) is 15.8. The van der Waals surface area contributed by atoms with Gasteiger partial charge in [0.1, 0.15) is 16.0 Å². The quantitative estimate of drug-likeness (QED) is 0.790. The summed E-state index contributed by atoms with van der Waals surface area (Å²) in [6.07, 6.45) is 4.13. The van der Waals surface area contributed by atoms with Crippen molar-refractivity contribution in [3.05, 3.63) is 22.2 Å². The summed E-state index contributed by atoms with van der Waals surface area (Å²) in [5.74, 6) is -0.0897. The Morgan fingerprint density at radius 1 is 1.35 bits per heavy atom. The number of hydrogen-bond donors (Lipinski definition) is 1. The molecule has 0 heterocycles. The molecule has 0 radical (unpaired) electrons. The van der Waals surface area contributed by atoms with Gasteiger partial charge in [-0.2, -0.15) is 0 Å². The Morgan fingerprint density at radius 2 is 2.00 bits per heavy atom. The predicted molar refractivity (Wildman–Crippen MR) is 82.3 cm³/mol. The van der Waals surface area contributed by atoms with Gasteiger partial charge in [-0.1, -0.05) is 36.0 Å². The van der Waals surface area contributed by atoms with Crippen LogP contribution in [0.1, 0.15) is 25.7 Å². The van der Waals surface area contributed by atoms with Gasteiger partial charge in [0, 0.05) is 4.90 Å². The van der Waals surface area contributed by atoms with Gasteiger partial charge in [-0.05, 0) is 30.9 Å². The number of thioether (sulfide) groups is 1. The molecular formula is C14H16Cl2O3S. The van der Waals surface area contributed by atoms with Crippen LogP contribution in [0.25, 0.3) is 0 Å². The van der Waals surface area contributed by atoms with Crippen molar-refractivity contribution < 1.29 is 14.6 Å². The SMILES string of the molecule is COc1ccc(SC(C(=O)O)C2CCCC2)c(Cl)c1Cl. The molecule has 1 N–H and O–H groups in total. The number of carboxylic acids is 1. The van der Waals surface area contributed by atoms with Gasteiger partial charge in [0.05, 0.1) is 12.1 Å². The number of methoxy groups -OCH3 is 1. The highest BCUT2D eigenvalue weighted by Crippen LogP contribution is 2.43. The van der Waals surface area contributed by atoms with Gasteiger partial charge in [-0.15, -0.1) is 11.8 Å². The van der Waals surface area contributed by atoms with E-state index in [1.54, 1.807) is 12.1 Å². The molecule has 6 heteroatoms. The minimum absolute atomic E-state index is 0.203. The number of carbonyl (C=O) groups is 1. The minimum Gasteiger partial charge on any atom is -0.495 e. The zero-order valence-electron chi connectivity index (χ0n) is 11.1. The first-order valence-electron chi connectivity index (χ1n) is 6.46. The first-order valence-corrected chi connectivity index (χ1v) is 8.09. The Hall–Kier alpha value is -0.580. The van der Waals surface area contributed by atoms with Crippen LogP contribution >= 0.6 is 35.0 Å². The molecule has 3 nitrogen and oxygen atoms in total. The Kier molecular flexibility index (Phi) is 5.47. The molecule has 0 aliphatic heterocycles. The first-order chi connectivity index (χ1) is 9.54. The van der Waals surface area contributed by atoms with Crippen LogP contribution in [0.15, 0.2) is 17.0 Å². The van der Waals surface area contributed by atoms with Crippen molar-refractivity contribution in [3.63, 3.8) is 0 Å². The van der Waals surface area contributed by atoms with Gasteiger partial charge in [0.15, 0.2) is 0 Å². The number of aliphatic carboxylic acids is 1. The molecule has 1 aliphatic carbocycles. The van der Waals surface area contributed by atoms with Gasteiger partial charge in [0.25, 0.3) is 0 Å². The van der Waals surface area contributed by atoms with Crippen LogP contribution in [0.3, 0.4) is 0 Å². The number of rotatable bonds is 5. The van der Waals surface area contributed by atoms with Crippen LogP contribution < -0.4 is 4.74 Å². The number of carboxylic acid groups (broad SMARTS) is 1. The molecule has 0 spiro atoms. The van der Waals surface area contributed by atoms with Gasteiger partial charge in [0.2, 0.25) is 0 Å². The van der Waals surface area contributed by atoms with Crippen molar-refractivity contribution in [1.29, 1.82) is 0 Å². The second-order valence-corrected chi connectivity index (χ2v) is 6.75. The summed E-state index contributed by atoms with van der Waals surface area (Å²) in [5.41, 5.74) is 0. The molecule has 0 amide bonds. The number of benzene rings is 1. The highest BCUT2D eigenvalue weighted by molar-refractivity contribution is 8.00. The minimum atomic E-state index is -0.787. The van der Waals surface area contributed by atoms with E-state index in [0.717, 1.165) is 25.7 Å². The maximum atomic E-state index is 11.5. The molecule has 1 aromatic rings. The fourth-order valence-electron chi connectivity index (χ4n) is 2.51. The van der Waals surface area contributed by atoms with E-state index in [4.69, 9.17) is 27.9 Å². The Morgan fingerprint density at radius 3 is 2.55 bits per heavy atom. The molecule has 20 heavy (non-hydrogen) atoms. The molecule has 1 aliphatic rings. The largest absolute Gasteiger partial charge is 0.495 e. The summed E-state index contributed by atoms with van der Waals surface area (Å²) in [6.45, 7) is 0. The highest BCUT2D eigenvalue weighted by Gasteiger charge is 2.32. The second kappa shape index (κ2) is 6.92. The molecule has 1 unspecified atom stereocenters. The maximum absolute atomic E-state index is 11.5. The van der Waals surface area contributed by atoms with Gasteiger partial charge in [-0.25, -0.2) is 0 Å². The molecule has 0 bridgehead atoms. The third-order valence-corrected chi connectivity index (χ3v) is 5.97. The van der Waals surface area contributed by atoms with Crippen molar-refractivity contribution >= 4 is 40.9 Å². The Bertz CT molecular complexity index is 501. The number of hydrogen-bond acceptors (Lipinski definition) is 3. The number of ether oxygens (including phenoxy) is 1. The van der Waals surface area contributed by atoms with Crippen molar-refractivity contribution in [2.24, 2.45) is 5.92 Å². The lowest BCUT2D eigenvalue weighted by Gasteiger charge is -2.19. The highest BCUT2D eigenvalue weighted by atomic mass is 35.5. The van der Waals surface area contributed by atoms with Crippen molar-refractivity contribution in [1.82, 2.24) is 0 Å². The van der Waals surface area contributed by atoms with E-state index >= 15 is 0 Å². The van der Waals surface area contributed by atoms with Crippen molar-refractivity contribution in [2.45, 2.75) is 35.8 Å². The molecule has 1 saturated carbocycles. The van der Waals surface area contributed by atoms with Crippen LogP contribution in [0.5, 0.6) is 5.75 Å². The third-order valence-electron chi connectivity index (χ3n) is 3.56. The van der Waals surface area contributed by atoms with Gasteiger partial charge < -0.3 is 9.84 Å². The zero-order chi connectivity index (χ0) is 14.7. The molecule has 1 aromatic carbocycles. The van der Waals surface area contributed by atoms with E-state index in [0.29, 0.717) is 20.7 Å². The lowest BCUT2D eigenvalue weighted by atomic mass is 10.0. The van der Waals surface area contributed by atoms with E-state index in [9.17, 15) is 9.90 Å². The number of halogens is 2. The smallest absolute Gasteiger partial charge is 0.317 e. The van der Waals surface area contributed by atoms with Crippen LogP contribution in [0, 0.1) is 5.92 Å². The van der Waals surface area contributed by atoms with Crippen LogP contribution in [-0.2, 0) is 4.79 Å². The molecule has 1 atom stereocenters. The predicted octanol–water partition coefficient (Wildman–Crippen LogP) is 4.74. The average molecular weight is 335 g/mol. The lowest BCUT2D eigenvalue weighted by Crippen LogP contribution is -2.24. The molecule has 2 rings (SSSR count). The Labute approximate surface area is 132 Å². The standard InChI is InChI=1S/C14H16Cl2O3S/c1-19-9-6-7-10(12(16)11(9)15)20-13(14(17)18)8-4-2-3-5-8/h6-8,13H,2-5H2,1H3,(H,17,18). The van der Waals surface area contributed by atoms with E-state index in [2.05, 4.69) is 0 Å². The third kappa shape index (κ3) is 3.35. The molecule has 110 valence electrons. The van der Waals surface area contributed by atoms with Gasteiger partial charge in [-0.3, -0.25) is 4.79 Å². The zero-order valence-corrected chi connectivity index (χ0v) is 13.4. The summed E-state index contributed by atoms with van der Waals surface area (Å²) in [4.78, 5) is 12.2. The Balaban J connectivity index is 2.22. The van der Waals surface area contributed by atoms with E-state index in [1.165, 1.54) is 18.9 Å². The second-order valence-electron chi connectivity index (χ2n) is 4.82. The van der Waals surface area contributed by atoms with Crippen LogP contribution in [0.2, 0.25) is 10.0 Å². The van der Waals surface area contributed by atoms with E-state index in [-0.39, 0.29) is 5.92 Å². The summed E-state index contributed by atoms with van der Waals surface area (Å²) in [6, 6.07) is 3.48. The summed E-state index contributed by atoms with van der Waals surface area (Å²) >= 11 is 13.6. The fraction of sp³-hybridized carbons (Fsp3) is 0.500. The maximum Gasteiger partial charge on any atom is 0.317 e. The van der Waals surface area contributed by atoms with E-state index in [1.807, 2.05) is 0 Å². The van der Waals surface area contributed by atoms with Crippen LogP contribution in [0.4, 0.5) is 0 Å². The summed E-state index contributed by atoms with van der Waals surface area (Å²) in [5, 5.41) is 9.65. The molecular weight excluding hydrogens is 319 g/mol.